The van der Waals surface area contributed by atoms with E-state index in [-0.39, 0.29) is 16.9 Å². The van der Waals surface area contributed by atoms with Crippen molar-refractivity contribution in [3.05, 3.63) is 76.2 Å². The second-order valence-corrected chi connectivity index (χ2v) is 6.43. The standard InChI is InChI=1S/C23H22O5/c1-2-3-6-15-27-17-12-9-16(10-13-17)11-14-19(24)21-22(25)18-7-4-5-8-20(18)28-23(21)26/h4-5,7-14,25H,2-3,6,15H2,1H3/b14-11-. The topological polar surface area (TPSA) is 76.7 Å². The van der Waals surface area contributed by atoms with Crippen LogP contribution in [0.3, 0.4) is 0 Å². The number of fused-ring (bicyclic) bond motifs is 1. The third kappa shape index (κ3) is 4.49. The van der Waals surface area contributed by atoms with Crippen LogP contribution in [0.15, 0.2) is 63.8 Å². The molecular formula is C23H22O5. The number of allylic oxidation sites excluding steroid dienone is 1. The van der Waals surface area contributed by atoms with E-state index in [0.717, 1.165) is 30.6 Å². The lowest BCUT2D eigenvalue weighted by atomic mass is 10.1. The van der Waals surface area contributed by atoms with Crippen molar-refractivity contribution in [1.82, 2.24) is 0 Å². The SMILES string of the molecule is CCCCCOc1ccc(/C=C\C(=O)c2c(O)c3ccccc3oc2=O)cc1. The number of hydrogen-bond donors (Lipinski definition) is 1. The number of rotatable bonds is 8. The normalized spacial score (nSPS) is 11.2. The molecule has 2 aromatic carbocycles. The maximum atomic E-state index is 12.4. The van der Waals surface area contributed by atoms with Crippen LogP contribution < -0.4 is 10.4 Å². The van der Waals surface area contributed by atoms with Crippen molar-refractivity contribution in [2.24, 2.45) is 0 Å². The minimum absolute atomic E-state index is 0.236. The molecule has 28 heavy (non-hydrogen) atoms. The van der Waals surface area contributed by atoms with Crippen LogP contribution >= 0.6 is 0 Å². The van der Waals surface area contributed by atoms with Crippen LogP contribution in [0.4, 0.5) is 0 Å². The minimum atomic E-state index is -0.860. The Bertz CT molecular complexity index is 1040. The Morgan fingerprint density at radius 3 is 2.61 bits per heavy atom. The molecule has 0 saturated heterocycles. The van der Waals surface area contributed by atoms with Crippen molar-refractivity contribution in [1.29, 1.82) is 0 Å². The highest BCUT2D eigenvalue weighted by Crippen LogP contribution is 2.26. The van der Waals surface area contributed by atoms with Gasteiger partial charge in [-0.1, -0.05) is 50.1 Å². The predicted molar refractivity (Wildman–Crippen MR) is 109 cm³/mol. The summed E-state index contributed by atoms with van der Waals surface area (Å²) in [5.74, 6) is -0.207. The summed E-state index contributed by atoms with van der Waals surface area (Å²) < 4.78 is 10.8. The van der Waals surface area contributed by atoms with Crippen LogP contribution in [0.25, 0.3) is 17.0 Å². The van der Waals surface area contributed by atoms with Crippen molar-refractivity contribution < 1.29 is 19.1 Å². The van der Waals surface area contributed by atoms with E-state index < -0.39 is 11.4 Å². The molecule has 0 bridgehead atoms. The van der Waals surface area contributed by atoms with Gasteiger partial charge in [-0.3, -0.25) is 4.79 Å². The molecule has 0 aliphatic rings. The lowest BCUT2D eigenvalue weighted by molar-refractivity contribution is 0.104. The first-order valence-corrected chi connectivity index (χ1v) is 9.30. The summed E-state index contributed by atoms with van der Waals surface area (Å²) in [7, 11) is 0. The summed E-state index contributed by atoms with van der Waals surface area (Å²) in [6, 6.07) is 13.8. The van der Waals surface area contributed by atoms with Crippen molar-refractivity contribution in [3.8, 4) is 11.5 Å². The van der Waals surface area contributed by atoms with Crippen LogP contribution in [0, 0.1) is 0 Å². The van der Waals surface area contributed by atoms with E-state index in [9.17, 15) is 14.7 Å². The number of unbranched alkanes of at least 4 members (excludes halogenated alkanes) is 2. The van der Waals surface area contributed by atoms with Crippen molar-refractivity contribution in [2.45, 2.75) is 26.2 Å². The van der Waals surface area contributed by atoms with Gasteiger partial charge in [-0.15, -0.1) is 0 Å². The Balaban J connectivity index is 1.73. The summed E-state index contributed by atoms with van der Waals surface area (Å²) in [4.78, 5) is 24.5. The molecule has 144 valence electrons. The van der Waals surface area contributed by atoms with Gasteiger partial charge in [-0.05, 0) is 42.3 Å². The Morgan fingerprint density at radius 1 is 1.11 bits per heavy atom. The number of ether oxygens (including phenoxy) is 1. The maximum Gasteiger partial charge on any atom is 0.351 e. The summed E-state index contributed by atoms with van der Waals surface area (Å²) >= 11 is 0. The number of benzene rings is 2. The quantitative estimate of drug-likeness (QED) is 0.259. The fourth-order valence-electron chi connectivity index (χ4n) is 2.82. The van der Waals surface area contributed by atoms with Crippen LogP contribution in [-0.2, 0) is 0 Å². The molecule has 0 unspecified atom stereocenters. The average molecular weight is 378 g/mol. The van der Waals surface area contributed by atoms with Gasteiger partial charge < -0.3 is 14.3 Å². The van der Waals surface area contributed by atoms with Gasteiger partial charge in [0.1, 0.15) is 22.6 Å². The van der Waals surface area contributed by atoms with E-state index >= 15 is 0 Å². The zero-order chi connectivity index (χ0) is 19.9. The highest BCUT2D eigenvalue weighted by Gasteiger charge is 2.18. The lowest BCUT2D eigenvalue weighted by Gasteiger charge is -2.05. The molecule has 5 nitrogen and oxygen atoms in total. The van der Waals surface area contributed by atoms with Crippen molar-refractivity contribution in [2.75, 3.05) is 6.61 Å². The zero-order valence-corrected chi connectivity index (χ0v) is 15.7. The molecule has 1 aromatic heterocycles. The van der Waals surface area contributed by atoms with E-state index in [1.54, 1.807) is 30.3 Å². The Hall–Kier alpha value is -3.34. The molecular weight excluding hydrogens is 356 g/mol. The van der Waals surface area contributed by atoms with Gasteiger partial charge in [0.2, 0.25) is 0 Å². The van der Waals surface area contributed by atoms with Crippen LogP contribution in [0.2, 0.25) is 0 Å². The summed E-state index contributed by atoms with van der Waals surface area (Å²) in [6.07, 6.45) is 6.13. The summed E-state index contributed by atoms with van der Waals surface area (Å²) in [5, 5.41) is 10.6. The molecule has 5 heteroatoms. The van der Waals surface area contributed by atoms with Gasteiger partial charge in [0.15, 0.2) is 5.78 Å². The zero-order valence-electron chi connectivity index (χ0n) is 15.7. The third-order valence-electron chi connectivity index (χ3n) is 4.36. The number of carbonyl (C=O) groups excluding carboxylic acids is 1. The van der Waals surface area contributed by atoms with E-state index in [1.165, 1.54) is 6.08 Å². The highest BCUT2D eigenvalue weighted by atomic mass is 16.5. The maximum absolute atomic E-state index is 12.4. The lowest BCUT2D eigenvalue weighted by Crippen LogP contribution is -2.12. The monoisotopic (exact) mass is 378 g/mol. The second kappa shape index (κ2) is 9.04. The van der Waals surface area contributed by atoms with E-state index in [1.807, 2.05) is 24.3 Å². The van der Waals surface area contributed by atoms with E-state index in [2.05, 4.69) is 6.92 Å². The Morgan fingerprint density at radius 2 is 1.86 bits per heavy atom. The van der Waals surface area contributed by atoms with E-state index in [0.29, 0.717) is 12.0 Å². The molecule has 3 rings (SSSR count). The smallest absolute Gasteiger partial charge is 0.351 e. The van der Waals surface area contributed by atoms with Crippen LogP contribution in [0.1, 0.15) is 42.1 Å². The number of carbonyl (C=O) groups is 1. The van der Waals surface area contributed by atoms with Crippen molar-refractivity contribution >= 4 is 22.8 Å². The van der Waals surface area contributed by atoms with Gasteiger partial charge in [0.05, 0.1) is 12.0 Å². The van der Waals surface area contributed by atoms with Gasteiger partial charge in [-0.25, -0.2) is 4.79 Å². The molecule has 1 N–H and O–H groups in total. The molecule has 0 amide bonds. The molecule has 3 aromatic rings. The second-order valence-electron chi connectivity index (χ2n) is 6.43. The summed E-state index contributed by atoms with van der Waals surface area (Å²) in [6.45, 7) is 2.82. The highest BCUT2D eigenvalue weighted by molar-refractivity contribution is 6.10. The van der Waals surface area contributed by atoms with Gasteiger partial charge >= 0.3 is 5.63 Å². The molecule has 0 spiro atoms. The van der Waals surface area contributed by atoms with Crippen molar-refractivity contribution in [3.63, 3.8) is 0 Å². The Kier molecular flexibility index (Phi) is 6.27. The van der Waals surface area contributed by atoms with Crippen LogP contribution in [-0.4, -0.2) is 17.5 Å². The number of para-hydroxylation sites is 1. The number of aromatic hydroxyl groups is 1. The van der Waals surface area contributed by atoms with Gasteiger partial charge in [0, 0.05) is 0 Å². The molecule has 0 radical (unpaired) electrons. The van der Waals surface area contributed by atoms with Gasteiger partial charge in [-0.2, -0.15) is 0 Å². The molecule has 0 aliphatic carbocycles. The fourth-order valence-corrected chi connectivity index (χ4v) is 2.82. The molecule has 0 aliphatic heterocycles. The molecule has 0 saturated carbocycles. The number of hydrogen-bond acceptors (Lipinski definition) is 5. The fraction of sp³-hybridized carbons (Fsp3) is 0.217. The first kappa shape index (κ1) is 19.4. The minimum Gasteiger partial charge on any atom is -0.506 e. The third-order valence-corrected chi connectivity index (χ3v) is 4.36. The first-order valence-electron chi connectivity index (χ1n) is 9.30. The summed E-state index contributed by atoms with van der Waals surface area (Å²) in [5.41, 5.74) is -0.216. The average Bonchev–Trinajstić information content (AvgIpc) is 2.70. The molecule has 0 fully saturated rings. The first-order chi connectivity index (χ1) is 13.6. The molecule has 1 heterocycles. The largest absolute Gasteiger partial charge is 0.506 e. The van der Waals surface area contributed by atoms with Crippen LogP contribution in [0.5, 0.6) is 11.5 Å². The molecule has 0 atom stereocenters. The predicted octanol–water partition coefficient (Wildman–Crippen LogP) is 4.96. The van der Waals surface area contributed by atoms with E-state index in [4.69, 9.17) is 9.15 Å². The van der Waals surface area contributed by atoms with Gasteiger partial charge in [0.25, 0.3) is 0 Å². The number of ketones is 1. The Labute approximate surface area is 162 Å².